The SMILES string of the molecule is CC(N)c1cnn(Cc2ncnn2C(C)C)c1. The lowest BCUT2D eigenvalue weighted by Crippen LogP contribution is -2.12. The van der Waals surface area contributed by atoms with Crippen molar-refractivity contribution in [3.05, 3.63) is 30.1 Å². The summed E-state index contributed by atoms with van der Waals surface area (Å²) < 4.78 is 3.73. The second-order valence-corrected chi connectivity index (χ2v) is 4.47. The first-order chi connectivity index (χ1) is 8.08. The van der Waals surface area contributed by atoms with E-state index >= 15 is 0 Å². The van der Waals surface area contributed by atoms with Gasteiger partial charge in [0.05, 0.1) is 6.20 Å². The van der Waals surface area contributed by atoms with Gasteiger partial charge in [0.15, 0.2) is 0 Å². The van der Waals surface area contributed by atoms with Gasteiger partial charge in [-0.15, -0.1) is 0 Å². The van der Waals surface area contributed by atoms with E-state index < -0.39 is 0 Å². The molecule has 2 aromatic rings. The van der Waals surface area contributed by atoms with Crippen LogP contribution >= 0.6 is 0 Å². The fourth-order valence-corrected chi connectivity index (χ4v) is 1.66. The number of hydrogen-bond donors (Lipinski definition) is 1. The van der Waals surface area contributed by atoms with Crippen LogP contribution in [0.4, 0.5) is 0 Å². The van der Waals surface area contributed by atoms with Gasteiger partial charge < -0.3 is 5.73 Å². The molecule has 2 heterocycles. The van der Waals surface area contributed by atoms with Crippen LogP contribution in [0.25, 0.3) is 0 Å². The van der Waals surface area contributed by atoms with Gasteiger partial charge in [-0.2, -0.15) is 10.2 Å². The second kappa shape index (κ2) is 4.67. The lowest BCUT2D eigenvalue weighted by atomic mass is 10.2. The zero-order valence-electron chi connectivity index (χ0n) is 10.4. The van der Waals surface area contributed by atoms with E-state index in [0.29, 0.717) is 12.6 Å². The van der Waals surface area contributed by atoms with Crippen molar-refractivity contribution in [3.8, 4) is 0 Å². The number of nitrogens with two attached hydrogens (primary N) is 1. The summed E-state index contributed by atoms with van der Waals surface area (Å²) in [4.78, 5) is 4.25. The van der Waals surface area contributed by atoms with Crippen LogP contribution in [0.1, 0.15) is 44.2 Å². The molecule has 0 aromatic carbocycles. The van der Waals surface area contributed by atoms with Crippen molar-refractivity contribution in [3.63, 3.8) is 0 Å². The van der Waals surface area contributed by atoms with Gasteiger partial charge in [-0.05, 0) is 20.8 Å². The Balaban J connectivity index is 2.17. The Morgan fingerprint density at radius 1 is 1.29 bits per heavy atom. The zero-order valence-corrected chi connectivity index (χ0v) is 10.4. The van der Waals surface area contributed by atoms with E-state index in [2.05, 4.69) is 29.0 Å². The molecule has 6 heteroatoms. The molecule has 0 radical (unpaired) electrons. The van der Waals surface area contributed by atoms with Gasteiger partial charge in [-0.1, -0.05) is 0 Å². The molecule has 2 rings (SSSR count). The predicted octanol–water partition coefficient (Wildman–Crippen LogP) is 1.12. The van der Waals surface area contributed by atoms with Crippen LogP contribution in [-0.2, 0) is 6.54 Å². The van der Waals surface area contributed by atoms with Crippen molar-refractivity contribution < 1.29 is 0 Å². The summed E-state index contributed by atoms with van der Waals surface area (Å²) in [6.07, 6.45) is 5.32. The van der Waals surface area contributed by atoms with E-state index in [1.54, 1.807) is 12.5 Å². The molecule has 0 aliphatic heterocycles. The van der Waals surface area contributed by atoms with Crippen molar-refractivity contribution in [1.29, 1.82) is 0 Å². The van der Waals surface area contributed by atoms with Crippen LogP contribution in [0.15, 0.2) is 18.7 Å². The zero-order chi connectivity index (χ0) is 12.4. The van der Waals surface area contributed by atoms with E-state index in [1.165, 1.54) is 0 Å². The number of hydrogen-bond acceptors (Lipinski definition) is 4. The summed E-state index contributed by atoms with van der Waals surface area (Å²) in [5.74, 6) is 0.902. The standard InChI is InChI=1S/C11H18N6/c1-8(2)17-11(13-7-15-17)6-16-5-10(4-14-16)9(3)12/h4-5,7-9H,6,12H2,1-3H3. The molecule has 0 amide bonds. The van der Waals surface area contributed by atoms with E-state index in [0.717, 1.165) is 11.4 Å². The highest BCUT2D eigenvalue weighted by Crippen LogP contribution is 2.10. The maximum atomic E-state index is 5.79. The molecule has 0 saturated heterocycles. The number of nitrogens with zero attached hydrogens (tertiary/aromatic N) is 5. The molecule has 0 spiro atoms. The smallest absolute Gasteiger partial charge is 0.148 e. The fraction of sp³-hybridized carbons (Fsp3) is 0.545. The maximum absolute atomic E-state index is 5.79. The fourth-order valence-electron chi connectivity index (χ4n) is 1.66. The predicted molar refractivity (Wildman–Crippen MR) is 64.3 cm³/mol. The summed E-state index contributed by atoms with van der Waals surface area (Å²) >= 11 is 0. The topological polar surface area (TPSA) is 74.6 Å². The monoisotopic (exact) mass is 234 g/mol. The minimum Gasteiger partial charge on any atom is -0.324 e. The average Bonchev–Trinajstić information content (AvgIpc) is 2.86. The van der Waals surface area contributed by atoms with Crippen LogP contribution in [-0.4, -0.2) is 24.5 Å². The van der Waals surface area contributed by atoms with E-state index in [-0.39, 0.29) is 6.04 Å². The van der Waals surface area contributed by atoms with Crippen LogP contribution in [0, 0.1) is 0 Å². The highest BCUT2D eigenvalue weighted by molar-refractivity contribution is 5.08. The first-order valence-corrected chi connectivity index (χ1v) is 5.74. The van der Waals surface area contributed by atoms with E-state index in [4.69, 9.17) is 5.73 Å². The summed E-state index contributed by atoms with van der Waals surface area (Å²) in [7, 11) is 0. The van der Waals surface area contributed by atoms with Gasteiger partial charge in [-0.3, -0.25) is 4.68 Å². The Hall–Kier alpha value is -1.69. The molecule has 0 saturated carbocycles. The number of rotatable bonds is 4. The molecular weight excluding hydrogens is 216 g/mol. The van der Waals surface area contributed by atoms with Gasteiger partial charge in [0.2, 0.25) is 0 Å². The molecule has 2 aromatic heterocycles. The third-order valence-electron chi connectivity index (χ3n) is 2.62. The Labute approximate surface area is 100 Å². The van der Waals surface area contributed by atoms with E-state index in [9.17, 15) is 0 Å². The van der Waals surface area contributed by atoms with Crippen LogP contribution in [0.5, 0.6) is 0 Å². The van der Waals surface area contributed by atoms with Crippen molar-refractivity contribution >= 4 is 0 Å². The maximum Gasteiger partial charge on any atom is 0.148 e. The van der Waals surface area contributed by atoms with Gasteiger partial charge in [0.1, 0.15) is 18.7 Å². The summed E-state index contributed by atoms with van der Waals surface area (Å²) in [5.41, 5.74) is 6.82. The lowest BCUT2D eigenvalue weighted by molar-refractivity contribution is 0.488. The molecule has 1 atom stereocenters. The molecule has 1 unspecified atom stereocenters. The van der Waals surface area contributed by atoms with Gasteiger partial charge >= 0.3 is 0 Å². The molecule has 0 fully saturated rings. The highest BCUT2D eigenvalue weighted by atomic mass is 15.4. The van der Waals surface area contributed by atoms with Crippen molar-refractivity contribution in [2.24, 2.45) is 5.73 Å². The number of aromatic nitrogens is 5. The van der Waals surface area contributed by atoms with E-state index in [1.807, 2.05) is 22.5 Å². The van der Waals surface area contributed by atoms with Crippen molar-refractivity contribution in [2.45, 2.75) is 39.4 Å². The molecule has 0 aliphatic carbocycles. The quantitative estimate of drug-likeness (QED) is 0.860. The van der Waals surface area contributed by atoms with Gasteiger partial charge in [0.25, 0.3) is 0 Å². The average molecular weight is 234 g/mol. The van der Waals surface area contributed by atoms with Gasteiger partial charge in [-0.25, -0.2) is 9.67 Å². The third kappa shape index (κ3) is 2.52. The largest absolute Gasteiger partial charge is 0.324 e. The molecule has 6 nitrogen and oxygen atoms in total. The molecule has 2 N–H and O–H groups in total. The molecule has 0 aliphatic rings. The molecule has 92 valence electrons. The molecular formula is C11H18N6. The van der Waals surface area contributed by atoms with Crippen LogP contribution < -0.4 is 5.73 Å². The van der Waals surface area contributed by atoms with Crippen molar-refractivity contribution in [1.82, 2.24) is 24.5 Å². The second-order valence-electron chi connectivity index (χ2n) is 4.47. The van der Waals surface area contributed by atoms with Crippen molar-refractivity contribution in [2.75, 3.05) is 0 Å². The highest BCUT2D eigenvalue weighted by Gasteiger charge is 2.09. The first kappa shape index (κ1) is 11.8. The molecule has 0 bridgehead atoms. The minimum atomic E-state index is 0.00622. The van der Waals surface area contributed by atoms with Crippen LogP contribution in [0.2, 0.25) is 0 Å². The normalized spacial score (nSPS) is 13.2. The summed E-state index contributed by atoms with van der Waals surface area (Å²) in [6.45, 7) is 6.71. The van der Waals surface area contributed by atoms with Crippen LogP contribution in [0.3, 0.4) is 0 Å². The summed E-state index contributed by atoms with van der Waals surface area (Å²) in [5, 5.41) is 8.46. The third-order valence-corrected chi connectivity index (χ3v) is 2.62. The first-order valence-electron chi connectivity index (χ1n) is 5.74. The Bertz CT molecular complexity index is 482. The molecule has 17 heavy (non-hydrogen) atoms. The Morgan fingerprint density at radius 2 is 2.06 bits per heavy atom. The Morgan fingerprint density at radius 3 is 2.65 bits per heavy atom. The lowest BCUT2D eigenvalue weighted by Gasteiger charge is -2.09. The minimum absolute atomic E-state index is 0.00622. The van der Waals surface area contributed by atoms with Gasteiger partial charge in [0, 0.05) is 23.8 Å². The summed E-state index contributed by atoms with van der Waals surface area (Å²) in [6, 6.07) is 0.308. The Kier molecular flexibility index (Phi) is 3.23.